The molecule has 6 rings (SSSR count). The summed E-state index contributed by atoms with van der Waals surface area (Å²) in [7, 11) is 1.77. The molecule has 0 atom stereocenters. The zero-order chi connectivity index (χ0) is 17.0. The SMILES string of the molecule is COc1ccc(-c2ccc(C=O)o2)cc1C12CC3CC(CC(C3)C1)C2. The van der Waals surface area contributed by atoms with Crippen LogP contribution in [0.25, 0.3) is 11.3 Å². The van der Waals surface area contributed by atoms with E-state index >= 15 is 0 Å². The summed E-state index contributed by atoms with van der Waals surface area (Å²) in [5.74, 6) is 4.82. The molecule has 0 saturated heterocycles. The molecule has 0 aliphatic heterocycles. The summed E-state index contributed by atoms with van der Waals surface area (Å²) in [6.45, 7) is 0. The van der Waals surface area contributed by atoms with Gasteiger partial charge in [-0.05, 0) is 92.0 Å². The van der Waals surface area contributed by atoms with E-state index in [0.29, 0.717) is 5.76 Å². The largest absolute Gasteiger partial charge is 0.496 e. The van der Waals surface area contributed by atoms with E-state index in [2.05, 4.69) is 12.1 Å². The molecule has 25 heavy (non-hydrogen) atoms. The van der Waals surface area contributed by atoms with Crippen LogP contribution in [0.4, 0.5) is 0 Å². The van der Waals surface area contributed by atoms with Crippen molar-refractivity contribution >= 4 is 6.29 Å². The molecule has 0 spiro atoms. The van der Waals surface area contributed by atoms with Gasteiger partial charge in [-0.2, -0.15) is 0 Å². The Morgan fingerprint density at radius 3 is 2.28 bits per heavy atom. The van der Waals surface area contributed by atoms with Crippen LogP contribution in [0.5, 0.6) is 5.75 Å². The van der Waals surface area contributed by atoms with Crippen molar-refractivity contribution in [2.75, 3.05) is 7.11 Å². The highest BCUT2D eigenvalue weighted by molar-refractivity contribution is 5.73. The maximum atomic E-state index is 10.9. The summed E-state index contributed by atoms with van der Waals surface area (Å²) in [6, 6.07) is 9.99. The Morgan fingerprint density at radius 1 is 1.04 bits per heavy atom. The van der Waals surface area contributed by atoms with Gasteiger partial charge in [-0.25, -0.2) is 0 Å². The van der Waals surface area contributed by atoms with Gasteiger partial charge < -0.3 is 9.15 Å². The van der Waals surface area contributed by atoms with Crippen molar-refractivity contribution in [3.05, 3.63) is 41.7 Å². The average molecular weight is 336 g/mol. The maximum absolute atomic E-state index is 10.9. The molecule has 0 N–H and O–H groups in total. The molecule has 4 fully saturated rings. The number of carbonyl (C=O) groups excluding carboxylic acids is 1. The molecule has 130 valence electrons. The first-order valence-electron chi connectivity index (χ1n) is 9.43. The standard InChI is InChI=1S/C22H24O3/c1-24-21-4-2-17(20-5-3-18(13-23)25-20)9-19(21)22-10-14-6-15(11-22)8-16(7-14)12-22/h2-5,9,13-16H,6-8,10-12H2,1H3. The van der Waals surface area contributed by atoms with Crippen molar-refractivity contribution in [2.45, 2.75) is 43.9 Å². The smallest absolute Gasteiger partial charge is 0.185 e. The Bertz CT molecular complexity index is 781. The first-order chi connectivity index (χ1) is 12.2. The lowest BCUT2D eigenvalue weighted by atomic mass is 9.48. The Morgan fingerprint density at radius 2 is 1.72 bits per heavy atom. The molecule has 3 nitrogen and oxygen atoms in total. The molecule has 0 unspecified atom stereocenters. The molecule has 4 bridgehead atoms. The minimum Gasteiger partial charge on any atom is -0.496 e. The molecule has 1 heterocycles. The number of methoxy groups -OCH3 is 1. The third-order valence-electron chi connectivity index (χ3n) is 6.84. The number of carbonyl (C=O) groups is 1. The number of hydrogen-bond acceptors (Lipinski definition) is 3. The van der Waals surface area contributed by atoms with Crippen molar-refractivity contribution in [2.24, 2.45) is 17.8 Å². The van der Waals surface area contributed by atoms with Crippen LogP contribution in [0.15, 0.2) is 34.7 Å². The second-order valence-corrected chi connectivity index (χ2v) is 8.43. The monoisotopic (exact) mass is 336 g/mol. The van der Waals surface area contributed by atoms with Crippen molar-refractivity contribution in [3.63, 3.8) is 0 Å². The quantitative estimate of drug-likeness (QED) is 0.717. The summed E-state index contributed by atoms with van der Waals surface area (Å²) in [5.41, 5.74) is 2.67. The second kappa shape index (κ2) is 5.48. The Balaban J connectivity index is 1.60. The highest BCUT2D eigenvalue weighted by atomic mass is 16.5. The van der Waals surface area contributed by atoms with Crippen molar-refractivity contribution in [3.8, 4) is 17.1 Å². The predicted octanol–water partition coefficient (Wildman–Crippen LogP) is 5.24. The molecule has 1 aromatic carbocycles. The predicted molar refractivity (Wildman–Crippen MR) is 95.9 cm³/mol. The molecule has 4 aliphatic rings. The molecule has 0 radical (unpaired) electrons. The lowest BCUT2D eigenvalue weighted by Crippen LogP contribution is -2.48. The molecule has 0 amide bonds. The third kappa shape index (κ3) is 2.36. The number of ether oxygens (including phenoxy) is 1. The molecular formula is C22H24O3. The highest BCUT2D eigenvalue weighted by Gasteiger charge is 2.52. The summed E-state index contributed by atoms with van der Waals surface area (Å²) in [5, 5.41) is 0. The fraction of sp³-hybridized carbons (Fsp3) is 0.500. The van der Waals surface area contributed by atoms with E-state index < -0.39 is 0 Å². The zero-order valence-corrected chi connectivity index (χ0v) is 14.7. The van der Waals surface area contributed by atoms with Crippen LogP contribution in [-0.2, 0) is 5.41 Å². The van der Waals surface area contributed by atoms with Gasteiger partial charge in [0.2, 0.25) is 0 Å². The van der Waals surface area contributed by atoms with E-state index in [0.717, 1.165) is 41.1 Å². The lowest BCUT2D eigenvalue weighted by molar-refractivity contribution is -0.00613. The topological polar surface area (TPSA) is 39.4 Å². The van der Waals surface area contributed by atoms with Gasteiger partial charge in [0.15, 0.2) is 12.0 Å². The lowest BCUT2D eigenvalue weighted by Gasteiger charge is -2.57. The van der Waals surface area contributed by atoms with Crippen molar-refractivity contribution in [1.29, 1.82) is 0 Å². The van der Waals surface area contributed by atoms with Gasteiger partial charge in [-0.15, -0.1) is 0 Å². The number of rotatable bonds is 4. The molecule has 3 heteroatoms. The summed E-state index contributed by atoms with van der Waals surface area (Å²) >= 11 is 0. The Hall–Kier alpha value is -2.03. The Kier molecular flexibility index (Phi) is 3.34. The van der Waals surface area contributed by atoms with Gasteiger partial charge >= 0.3 is 0 Å². The van der Waals surface area contributed by atoms with Crippen LogP contribution >= 0.6 is 0 Å². The van der Waals surface area contributed by atoms with E-state index in [9.17, 15) is 4.79 Å². The van der Waals surface area contributed by atoms with Crippen LogP contribution in [0.2, 0.25) is 0 Å². The minimum absolute atomic E-state index is 0.274. The summed E-state index contributed by atoms with van der Waals surface area (Å²) in [6.07, 6.45) is 8.96. The van der Waals surface area contributed by atoms with Gasteiger partial charge in [-0.1, -0.05) is 0 Å². The molecular weight excluding hydrogens is 312 g/mol. The van der Waals surface area contributed by atoms with E-state index in [1.54, 1.807) is 13.2 Å². The van der Waals surface area contributed by atoms with Gasteiger partial charge in [0.1, 0.15) is 11.5 Å². The van der Waals surface area contributed by atoms with Crippen LogP contribution in [0, 0.1) is 17.8 Å². The molecule has 4 saturated carbocycles. The number of furan rings is 1. The second-order valence-electron chi connectivity index (χ2n) is 8.43. The van der Waals surface area contributed by atoms with E-state index in [1.807, 2.05) is 12.1 Å². The Labute approximate surface area is 148 Å². The van der Waals surface area contributed by atoms with Crippen LogP contribution in [0.3, 0.4) is 0 Å². The molecule has 4 aliphatic carbocycles. The van der Waals surface area contributed by atoms with E-state index in [-0.39, 0.29) is 5.41 Å². The fourth-order valence-corrected chi connectivity index (χ4v) is 6.29. The van der Waals surface area contributed by atoms with Crippen LogP contribution < -0.4 is 4.74 Å². The zero-order valence-electron chi connectivity index (χ0n) is 14.7. The van der Waals surface area contributed by atoms with Crippen LogP contribution in [0.1, 0.15) is 54.6 Å². The molecule has 2 aromatic rings. The third-order valence-corrected chi connectivity index (χ3v) is 6.84. The highest BCUT2D eigenvalue weighted by Crippen LogP contribution is 2.62. The first-order valence-corrected chi connectivity index (χ1v) is 9.43. The van der Waals surface area contributed by atoms with Crippen molar-refractivity contribution in [1.82, 2.24) is 0 Å². The van der Waals surface area contributed by atoms with E-state index in [4.69, 9.17) is 9.15 Å². The number of benzene rings is 1. The van der Waals surface area contributed by atoms with E-state index in [1.165, 1.54) is 44.1 Å². The van der Waals surface area contributed by atoms with Gasteiger partial charge in [-0.3, -0.25) is 4.79 Å². The molecule has 1 aromatic heterocycles. The van der Waals surface area contributed by atoms with Gasteiger partial charge in [0.05, 0.1) is 7.11 Å². The van der Waals surface area contributed by atoms with Gasteiger partial charge in [0, 0.05) is 11.1 Å². The average Bonchev–Trinajstić information content (AvgIpc) is 3.09. The van der Waals surface area contributed by atoms with Crippen molar-refractivity contribution < 1.29 is 13.9 Å². The number of aldehydes is 1. The minimum atomic E-state index is 0.274. The first kappa shape index (κ1) is 15.2. The normalized spacial score (nSPS) is 32.8. The maximum Gasteiger partial charge on any atom is 0.185 e. The number of hydrogen-bond donors (Lipinski definition) is 0. The van der Waals surface area contributed by atoms with Crippen LogP contribution in [-0.4, -0.2) is 13.4 Å². The summed E-state index contributed by atoms with van der Waals surface area (Å²) < 4.78 is 11.4. The fourth-order valence-electron chi connectivity index (χ4n) is 6.29. The van der Waals surface area contributed by atoms with Gasteiger partial charge in [0.25, 0.3) is 0 Å². The summed E-state index contributed by atoms with van der Waals surface area (Å²) in [4.78, 5) is 10.9.